The molecular formula is C24H24N2Zr. The molecule has 1 aromatic heterocycles. The molecule has 4 aromatic rings. The van der Waals surface area contributed by atoms with Crippen LogP contribution in [0.3, 0.4) is 0 Å². The van der Waals surface area contributed by atoms with Crippen LogP contribution in [0.1, 0.15) is 16.7 Å². The van der Waals surface area contributed by atoms with Crippen molar-refractivity contribution in [2.75, 3.05) is 0 Å². The van der Waals surface area contributed by atoms with E-state index in [0.717, 1.165) is 16.7 Å². The maximum Gasteiger partial charge on any atom is 4.00 e. The van der Waals surface area contributed by atoms with E-state index in [-0.39, 0.29) is 26.2 Å². The topological polar surface area (TPSA) is 28.7 Å². The summed E-state index contributed by atoms with van der Waals surface area (Å²) in [7, 11) is 0. The fraction of sp³-hybridized carbons (Fsp3) is 0. The molecule has 1 heterocycles. The van der Waals surface area contributed by atoms with Crippen LogP contribution in [0.25, 0.3) is 0 Å². The number of aromatic amines is 1. The van der Waals surface area contributed by atoms with Crippen LogP contribution in [-0.2, 0) is 26.2 Å². The summed E-state index contributed by atoms with van der Waals surface area (Å²) in [6.45, 7) is 11.2. The largest absolute Gasteiger partial charge is 4.00 e. The van der Waals surface area contributed by atoms with Crippen molar-refractivity contribution >= 4 is 0 Å². The standard InChI is InChI=1S/3C7H7.C3H3N2.Zr/c3*1-7-5-3-2-4-6-7;1-2-5-3-4-1;/h3*2-6H,1H2;1-2H,(H,4,5);/q4*-1;+4. The van der Waals surface area contributed by atoms with Gasteiger partial charge in [0.2, 0.25) is 0 Å². The van der Waals surface area contributed by atoms with Crippen molar-refractivity contribution in [2.45, 2.75) is 0 Å². The van der Waals surface area contributed by atoms with Gasteiger partial charge in [-0.1, -0.05) is 18.2 Å². The minimum Gasteiger partial charge on any atom is -0.467 e. The molecule has 0 unspecified atom stereocenters. The van der Waals surface area contributed by atoms with Crippen LogP contribution in [0.2, 0.25) is 0 Å². The first-order valence-electron chi connectivity index (χ1n) is 8.15. The number of H-pyrrole nitrogens is 1. The maximum atomic E-state index is 3.72. The molecule has 0 saturated heterocycles. The zero-order valence-corrected chi connectivity index (χ0v) is 17.8. The van der Waals surface area contributed by atoms with E-state index in [1.807, 2.05) is 91.0 Å². The molecule has 27 heavy (non-hydrogen) atoms. The van der Waals surface area contributed by atoms with Gasteiger partial charge in [0.05, 0.1) is 0 Å². The Bertz CT molecular complexity index is 649. The van der Waals surface area contributed by atoms with Crippen LogP contribution in [0, 0.1) is 27.1 Å². The van der Waals surface area contributed by atoms with Crippen molar-refractivity contribution in [3.8, 4) is 0 Å². The summed E-state index contributed by atoms with van der Waals surface area (Å²) < 4.78 is 0. The Morgan fingerprint density at radius 1 is 0.593 bits per heavy atom. The van der Waals surface area contributed by atoms with Crippen molar-refractivity contribution in [3.63, 3.8) is 0 Å². The van der Waals surface area contributed by atoms with Crippen molar-refractivity contribution in [2.24, 2.45) is 0 Å². The van der Waals surface area contributed by atoms with E-state index in [1.54, 1.807) is 12.4 Å². The van der Waals surface area contributed by atoms with Gasteiger partial charge in [0, 0.05) is 0 Å². The number of nitrogens with zero attached hydrogens (tertiary/aromatic N) is 1. The number of nitrogens with one attached hydrogen (secondary N) is 1. The minimum absolute atomic E-state index is 0. The monoisotopic (exact) mass is 430 g/mol. The van der Waals surface area contributed by atoms with Crippen molar-refractivity contribution in [1.29, 1.82) is 0 Å². The Kier molecular flexibility index (Phi) is 15.2. The van der Waals surface area contributed by atoms with Crippen LogP contribution in [-0.4, -0.2) is 9.97 Å². The predicted octanol–water partition coefficient (Wildman–Crippen LogP) is 5.81. The Morgan fingerprint density at radius 3 is 1.04 bits per heavy atom. The van der Waals surface area contributed by atoms with E-state index in [2.05, 4.69) is 37.1 Å². The number of hydrogen-bond donors (Lipinski definition) is 1. The molecular weight excluding hydrogens is 408 g/mol. The number of aromatic nitrogens is 2. The summed E-state index contributed by atoms with van der Waals surface area (Å²) >= 11 is 0. The van der Waals surface area contributed by atoms with Gasteiger partial charge in [-0.25, -0.2) is 0 Å². The van der Waals surface area contributed by atoms with Gasteiger partial charge >= 0.3 is 26.2 Å². The molecule has 0 aliphatic heterocycles. The van der Waals surface area contributed by atoms with Gasteiger partial charge in [-0.3, -0.25) is 0 Å². The van der Waals surface area contributed by atoms with Crippen LogP contribution in [0.15, 0.2) is 103 Å². The van der Waals surface area contributed by atoms with E-state index in [9.17, 15) is 0 Å². The molecule has 0 atom stereocenters. The van der Waals surface area contributed by atoms with Crippen LogP contribution >= 0.6 is 0 Å². The van der Waals surface area contributed by atoms with Crippen LogP contribution in [0.5, 0.6) is 0 Å². The van der Waals surface area contributed by atoms with Gasteiger partial charge in [0.15, 0.2) is 0 Å². The molecule has 0 saturated carbocycles. The average Bonchev–Trinajstić information content (AvgIpc) is 3.25. The molecule has 1 N–H and O–H groups in total. The fourth-order valence-corrected chi connectivity index (χ4v) is 1.62. The molecule has 0 aliphatic rings. The molecule has 0 spiro atoms. The van der Waals surface area contributed by atoms with Crippen molar-refractivity contribution in [1.82, 2.24) is 9.97 Å². The Labute approximate surface area is 182 Å². The molecule has 3 aromatic carbocycles. The van der Waals surface area contributed by atoms with E-state index in [0.29, 0.717) is 0 Å². The molecule has 0 aliphatic carbocycles. The van der Waals surface area contributed by atoms with Gasteiger partial charge in [0.1, 0.15) is 0 Å². The summed E-state index contributed by atoms with van der Waals surface area (Å²) in [5, 5.41) is 0. The first kappa shape index (κ1) is 24.4. The normalized spacial score (nSPS) is 8.15. The van der Waals surface area contributed by atoms with E-state index < -0.39 is 0 Å². The molecule has 2 nitrogen and oxygen atoms in total. The summed E-state index contributed by atoms with van der Waals surface area (Å²) in [5.74, 6) is 0. The molecule has 0 amide bonds. The zero-order chi connectivity index (χ0) is 18.9. The second-order valence-electron chi connectivity index (χ2n) is 5.16. The molecule has 0 radical (unpaired) electrons. The third-order valence-electron chi connectivity index (χ3n) is 2.89. The average molecular weight is 432 g/mol. The van der Waals surface area contributed by atoms with Crippen molar-refractivity contribution < 1.29 is 26.2 Å². The van der Waals surface area contributed by atoms with Crippen LogP contribution < -0.4 is 0 Å². The van der Waals surface area contributed by atoms with E-state index in [1.165, 1.54) is 0 Å². The summed E-state index contributed by atoms with van der Waals surface area (Å²) in [6, 6.07) is 29.6. The summed E-state index contributed by atoms with van der Waals surface area (Å²) in [6.07, 6.45) is 5.83. The van der Waals surface area contributed by atoms with Crippen LogP contribution in [0.4, 0.5) is 0 Å². The number of benzene rings is 3. The van der Waals surface area contributed by atoms with E-state index in [4.69, 9.17) is 0 Å². The first-order chi connectivity index (χ1) is 12.7. The minimum atomic E-state index is 0. The van der Waals surface area contributed by atoms with E-state index >= 15 is 0 Å². The number of rotatable bonds is 0. The molecule has 0 fully saturated rings. The first-order valence-corrected chi connectivity index (χ1v) is 8.15. The van der Waals surface area contributed by atoms with Gasteiger partial charge in [0.25, 0.3) is 0 Å². The zero-order valence-electron chi connectivity index (χ0n) is 15.4. The maximum absolute atomic E-state index is 3.72. The summed E-state index contributed by atoms with van der Waals surface area (Å²) in [5.41, 5.74) is 3.22. The fourth-order valence-electron chi connectivity index (χ4n) is 1.62. The Hall–Kier alpha value is -2.64. The number of hydrogen-bond acceptors (Lipinski definition) is 1. The molecule has 134 valence electrons. The van der Waals surface area contributed by atoms with Crippen molar-refractivity contribution in [3.05, 3.63) is 147 Å². The summed E-state index contributed by atoms with van der Waals surface area (Å²) in [4.78, 5) is 6.17. The quantitative estimate of drug-likeness (QED) is 0.350. The van der Waals surface area contributed by atoms with Gasteiger partial charge < -0.3 is 9.97 Å². The van der Waals surface area contributed by atoms with Gasteiger partial charge in [-0.15, -0.1) is 48.8 Å². The third kappa shape index (κ3) is 15.3. The second-order valence-corrected chi connectivity index (χ2v) is 5.16. The molecule has 0 bridgehead atoms. The van der Waals surface area contributed by atoms with Gasteiger partial charge in [-0.05, 0) is 6.33 Å². The smallest absolute Gasteiger partial charge is 0.467 e. The SMILES string of the molecule is [CH2-]c1ccccc1.[CH2-]c1ccccc1.[CH2-]c1ccccc1.[Zr+4].[c-]1ncc[nH]1. The molecule has 3 heteroatoms. The molecule has 4 rings (SSSR count). The third-order valence-corrected chi connectivity index (χ3v) is 2.89. The Morgan fingerprint density at radius 2 is 0.926 bits per heavy atom. The number of imidazole rings is 1. The predicted molar refractivity (Wildman–Crippen MR) is 110 cm³/mol. The Balaban J connectivity index is 0.000000332. The van der Waals surface area contributed by atoms with Gasteiger partial charge in [-0.2, -0.15) is 73.9 Å². The second kappa shape index (κ2) is 16.8.